The number of aromatic nitrogens is 4. The number of fused-ring (bicyclic) bond motifs is 4. The normalized spacial score (nSPS) is 11.5. The summed E-state index contributed by atoms with van der Waals surface area (Å²) in [5.74, 6) is 0.444. The summed E-state index contributed by atoms with van der Waals surface area (Å²) in [7, 11) is 0. The average molecular weight is 312 g/mol. The molecule has 5 rings (SSSR count). The first kappa shape index (κ1) is 13.0. The molecule has 0 saturated carbocycles. The molecule has 0 aliphatic carbocycles. The first-order chi connectivity index (χ1) is 11.8. The van der Waals surface area contributed by atoms with Gasteiger partial charge in [0.25, 0.3) is 0 Å². The van der Waals surface area contributed by atoms with E-state index in [4.69, 9.17) is 0 Å². The molecule has 5 aromatic rings. The molecule has 0 spiro atoms. The van der Waals surface area contributed by atoms with Crippen LogP contribution in [0.2, 0.25) is 0 Å². The van der Waals surface area contributed by atoms with Crippen LogP contribution in [-0.4, -0.2) is 19.4 Å². The Balaban J connectivity index is 1.87. The van der Waals surface area contributed by atoms with E-state index < -0.39 is 0 Å². The number of aromatic amines is 1. The Morgan fingerprint density at radius 1 is 0.833 bits per heavy atom. The third-order valence-corrected chi connectivity index (χ3v) is 4.22. The molecule has 0 bridgehead atoms. The van der Waals surface area contributed by atoms with Gasteiger partial charge in [0.15, 0.2) is 5.82 Å². The lowest BCUT2D eigenvalue weighted by molar-refractivity contribution is 0.953. The van der Waals surface area contributed by atoms with Crippen LogP contribution in [0.5, 0.6) is 0 Å². The number of hydrogen-bond donors (Lipinski definition) is 1. The van der Waals surface area contributed by atoms with Crippen molar-refractivity contribution in [1.29, 1.82) is 0 Å². The van der Waals surface area contributed by atoms with Crippen molar-refractivity contribution in [2.45, 2.75) is 0 Å². The van der Waals surface area contributed by atoms with Crippen molar-refractivity contribution in [2.75, 3.05) is 0 Å². The van der Waals surface area contributed by atoms with Crippen molar-refractivity contribution < 1.29 is 0 Å². The van der Waals surface area contributed by atoms with E-state index in [0.29, 0.717) is 11.5 Å². The standard InChI is InChI=1S/C19H12N4O/c24-19-22-18(12-6-2-1-3-7-12)21-17-10-14-13-8-4-5-9-15(13)20-16(14)11-23(17)19/h1-11,20H. The van der Waals surface area contributed by atoms with Gasteiger partial charge in [-0.1, -0.05) is 48.5 Å². The van der Waals surface area contributed by atoms with E-state index in [0.717, 1.165) is 27.4 Å². The Morgan fingerprint density at radius 3 is 2.50 bits per heavy atom. The molecule has 0 aliphatic heterocycles. The molecule has 24 heavy (non-hydrogen) atoms. The third kappa shape index (κ3) is 1.85. The number of nitrogens with one attached hydrogen (secondary N) is 1. The molecular weight excluding hydrogens is 300 g/mol. The minimum Gasteiger partial charge on any atom is -0.353 e. The minimum absolute atomic E-state index is 0.334. The van der Waals surface area contributed by atoms with Gasteiger partial charge in [-0.2, -0.15) is 4.98 Å². The summed E-state index contributed by atoms with van der Waals surface area (Å²) in [6.45, 7) is 0. The molecule has 0 saturated heterocycles. The molecule has 5 nitrogen and oxygen atoms in total. The molecule has 0 atom stereocenters. The van der Waals surface area contributed by atoms with Gasteiger partial charge in [-0.25, -0.2) is 14.2 Å². The number of benzene rings is 2. The van der Waals surface area contributed by atoms with E-state index in [1.165, 1.54) is 4.40 Å². The third-order valence-electron chi connectivity index (χ3n) is 4.22. The highest BCUT2D eigenvalue weighted by Crippen LogP contribution is 2.25. The molecule has 3 heterocycles. The first-order valence-corrected chi connectivity index (χ1v) is 7.66. The molecule has 0 fully saturated rings. The van der Waals surface area contributed by atoms with Crippen molar-refractivity contribution in [2.24, 2.45) is 0 Å². The van der Waals surface area contributed by atoms with Crippen LogP contribution >= 0.6 is 0 Å². The highest BCUT2D eigenvalue weighted by atomic mass is 16.1. The van der Waals surface area contributed by atoms with Crippen LogP contribution in [0.3, 0.4) is 0 Å². The zero-order chi connectivity index (χ0) is 16.1. The summed E-state index contributed by atoms with van der Waals surface area (Å²) < 4.78 is 1.48. The molecular formula is C19H12N4O. The molecule has 1 N–H and O–H groups in total. The fraction of sp³-hybridized carbons (Fsp3) is 0. The topological polar surface area (TPSA) is 63.1 Å². The van der Waals surface area contributed by atoms with Crippen molar-refractivity contribution in [3.05, 3.63) is 77.3 Å². The smallest absolute Gasteiger partial charge is 0.353 e. The second kappa shape index (κ2) is 4.76. The summed E-state index contributed by atoms with van der Waals surface area (Å²) in [4.78, 5) is 24.5. The number of para-hydroxylation sites is 1. The Hall–Kier alpha value is -3.47. The Morgan fingerprint density at radius 2 is 1.62 bits per heavy atom. The van der Waals surface area contributed by atoms with Gasteiger partial charge in [-0.3, -0.25) is 0 Å². The van der Waals surface area contributed by atoms with Crippen molar-refractivity contribution in [3.8, 4) is 11.4 Å². The first-order valence-electron chi connectivity index (χ1n) is 7.66. The predicted octanol–water partition coefficient (Wildman–Crippen LogP) is 3.39. The van der Waals surface area contributed by atoms with E-state index >= 15 is 0 Å². The lowest BCUT2D eigenvalue weighted by Gasteiger charge is -2.03. The van der Waals surface area contributed by atoms with Gasteiger partial charge in [-0.15, -0.1) is 0 Å². The fourth-order valence-corrected chi connectivity index (χ4v) is 3.07. The van der Waals surface area contributed by atoms with Crippen molar-refractivity contribution in [1.82, 2.24) is 19.4 Å². The Kier molecular flexibility index (Phi) is 2.58. The summed E-state index contributed by atoms with van der Waals surface area (Å²) in [6.07, 6.45) is 1.77. The SMILES string of the molecule is O=c1nc(-c2ccccc2)nc2cc3c(cn12)[nH]c1ccccc13. The summed E-state index contributed by atoms with van der Waals surface area (Å²) in [6, 6.07) is 19.5. The van der Waals surface area contributed by atoms with Gasteiger partial charge in [0.2, 0.25) is 0 Å². The molecule has 3 aromatic heterocycles. The van der Waals surface area contributed by atoms with Gasteiger partial charge in [0.05, 0.1) is 5.52 Å². The molecule has 0 amide bonds. The molecule has 0 radical (unpaired) electrons. The van der Waals surface area contributed by atoms with Crippen molar-refractivity contribution in [3.63, 3.8) is 0 Å². The second-order valence-corrected chi connectivity index (χ2v) is 5.70. The second-order valence-electron chi connectivity index (χ2n) is 5.70. The lowest BCUT2D eigenvalue weighted by Crippen LogP contribution is -2.19. The van der Waals surface area contributed by atoms with E-state index in [1.807, 2.05) is 54.6 Å². The Bertz CT molecular complexity index is 1270. The van der Waals surface area contributed by atoms with Gasteiger partial charge in [-0.05, 0) is 12.1 Å². The van der Waals surface area contributed by atoms with Crippen LogP contribution in [0.15, 0.2) is 71.7 Å². The lowest BCUT2D eigenvalue weighted by atomic mass is 10.2. The molecule has 5 heteroatoms. The van der Waals surface area contributed by atoms with Crippen molar-refractivity contribution >= 4 is 27.5 Å². The monoisotopic (exact) mass is 312 g/mol. The van der Waals surface area contributed by atoms with Crippen LogP contribution in [-0.2, 0) is 0 Å². The van der Waals surface area contributed by atoms with Crippen LogP contribution < -0.4 is 5.69 Å². The predicted molar refractivity (Wildman–Crippen MR) is 94.1 cm³/mol. The largest absolute Gasteiger partial charge is 0.355 e. The summed E-state index contributed by atoms with van der Waals surface area (Å²) in [5, 5.41) is 2.16. The number of pyridine rings is 1. The minimum atomic E-state index is -0.334. The zero-order valence-electron chi connectivity index (χ0n) is 12.6. The number of rotatable bonds is 1. The van der Waals surface area contributed by atoms with E-state index in [9.17, 15) is 4.79 Å². The van der Waals surface area contributed by atoms with Gasteiger partial charge in [0, 0.05) is 28.0 Å². The van der Waals surface area contributed by atoms with Crippen LogP contribution in [0.4, 0.5) is 0 Å². The van der Waals surface area contributed by atoms with Crippen LogP contribution in [0, 0.1) is 0 Å². The zero-order valence-corrected chi connectivity index (χ0v) is 12.6. The van der Waals surface area contributed by atoms with E-state index in [2.05, 4.69) is 21.0 Å². The molecule has 0 aliphatic rings. The molecule has 2 aromatic carbocycles. The Labute approximate surface area is 136 Å². The summed E-state index contributed by atoms with van der Waals surface area (Å²) >= 11 is 0. The highest BCUT2D eigenvalue weighted by Gasteiger charge is 2.10. The maximum absolute atomic E-state index is 12.4. The van der Waals surface area contributed by atoms with Gasteiger partial charge >= 0.3 is 5.69 Å². The maximum atomic E-state index is 12.4. The van der Waals surface area contributed by atoms with Gasteiger partial charge < -0.3 is 4.98 Å². The number of nitrogens with zero attached hydrogens (tertiary/aromatic N) is 3. The molecule has 0 unspecified atom stereocenters. The van der Waals surface area contributed by atoms with Gasteiger partial charge in [0.1, 0.15) is 5.65 Å². The average Bonchev–Trinajstić information content (AvgIpc) is 2.98. The quantitative estimate of drug-likeness (QED) is 0.516. The highest BCUT2D eigenvalue weighted by molar-refractivity contribution is 6.07. The number of hydrogen-bond acceptors (Lipinski definition) is 3. The summed E-state index contributed by atoms with van der Waals surface area (Å²) in [5.41, 5.74) is 3.01. The molecule has 114 valence electrons. The number of H-pyrrole nitrogens is 1. The van der Waals surface area contributed by atoms with Crippen LogP contribution in [0.25, 0.3) is 38.8 Å². The fourth-order valence-electron chi connectivity index (χ4n) is 3.07. The van der Waals surface area contributed by atoms with E-state index in [1.54, 1.807) is 6.20 Å². The van der Waals surface area contributed by atoms with E-state index in [-0.39, 0.29) is 5.69 Å². The van der Waals surface area contributed by atoms with Crippen LogP contribution in [0.1, 0.15) is 0 Å². The maximum Gasteiger partial charge on any atom is 0.355 e.